The third-order valence-corrected chi connectivity index (χ3v) is 5.66. The van der Waals surface area contributed by atoms with Crippen molar-refractivity contribution in [2.75, 3.05) is 11.9 Å². The highest BCUT2D eigenvalue weighted by Gasteiger charge is 2.18. The lowest BCUT2D eigenvalue weighted by Gasteiger charge is -2.20. The average molecular weight is 428 g/mol. The number of carbonyl (C=O) groups is 1. The quantitative estimate of drug-likeness (QED) is 0.474. The van der Waals surface area contributed by atoms with Crippen LogP contribution in [-0.2, 0) is 24.3 Å². The summed E-state index contributed by atoms with van der Waals surface area (Å²) in [4.78, 5) is 41.0. The lowest BCUT2D eigenvalue weighted by atomic mass is 10.1. The summed E-state index contributed by atoms with van der Waals surface area (Å²) in [7, 11) is 1.69. The first-order valence-electron chi connectivity index (χ1n) is 10.6. The van der Waals surface area contributed by atoms with Gasteiger partial charge in [-0.05, 0) is 48.7 Å². The van der Waals surface area contributed by atoms with Crippen molar-refractivity contribution in [3.05, 3.63) is 111 Å². The molecular formula is C26H25N3O3. The van der Waals surface area contributed by atoms with Crippen molar-refractivity contribution >= 4 is 22.5 Å². The molecule has 4 aromatic rings. The molecule has 6 nitrogen and oxygen atoms in total. The number of hydrogen-bond acceptors (Lipinski definition) is 3. The van der Waals surface area contributed by atoms with Crippen LogP contribution in [0.1, 0.15) is 11.1 Å². The third-order valence-electron chi connectivity index (χ3n) is 5.66. The van der Waals surface area contributed by atoms with Crippen LogP contribution in [0.2, 0.25) is 0 Å². The predicted octanol–water partition coefficient (Wildman–Crippen LogP) is 3.38. The van der Waals surface area contributed by atoms with Gasteiger partial charge >= 0.3 is 5.69 Å². The van der Waals surface area contributed by atoms with Gasteiger partial charge in [-0.3, -0.25) is 18.7 Å². The highest BCUT2D eigenvalue weighted by atomic mass is 16.2. The van der Waals surface area contributed by atoms with E-state index in [2.05, 4.69) is 0 Å². The summed E-state index contributed by atoms with van der Waals surface area (Å²) < 4.78 is 2.63. The van der Waals surface area contributed by atoms with E-state index in [1.54, 1.807) is 31.3 Å². The van der Waals surface area contributed by atoms with E-state index in [0.717, 1.165) is 16.8 Å². The largest absolute Gasteiger partial charge is 0.331 e. The fourth-order valence-electron chi connectivity index (χ4n) is 3.83. The van der Waals surface area contributed by atoms with Crippen LogP contribution in [0.25, 0.3) is 10.9 Å². The van der Waals surface area contributed by atoms with Gasteiger partial charge in [0.2, 0.25) is 5.91 Å². The van der Waals surface area contributed by atoms with Crippen molar-refractivity contribution in [2.24, 2.45) is 0 Å². The standard InChI is InChI=1S/C26H25N3O3/c1-19-9-8-12-21(17-19)27(2)24(30)18-29-23-14-7-6-13-22(23)25(31)28(26(29)32)16-15-20-10-4-3-5-11-20/h3-14,17H,15-16,18H2,1-2H3. The van der Waals surface area contributed by atoms with Crippen molar-refractivity contribution in [1.29, 1.82) is 0 Å². The number of rotatable bonds is 6. The molecule has 0 radical (unpaired) electrons. The maximum atomic E-state index is 13.3. The van der Waals surface area contributed by atoms with Gasteiger partial charge in [-0.1, -0.05) is 54.6 Å². The number of benzene rings is 3. The summed E-state index contributed by atoms with van der Waals surface area (Å²) in [5.41, 5.74) is 2.48. The molecule has 32 heavy (non-hydrogen) atoms. The summed E-state index contributed by atoms with van der Waals surface area (Å²) in [6.45, 7) is 2.05. The molecule has 3 aromatic carbocycles. The van der Waals surface area contributed by atoms with Crippen molar-refractivity contribution in [2.45, 2.75) is 26.4 Å². The molecule has 1 amide bonds. The molecule has 0 saturated carbocycles. The topological polar surface area (TPSA) is 64.3 Å². The molecule has 0 spiro atoms. The van der Waals surface area contributed by atoms with Gasteiger partial charge in [-0.25, -0.2) is 4.79 Å². The van der Waals surface area contributed by atoms with E-state index in [0.29, 0.717) is 17.3 Å². The van der Waals surface area contributed by atoms with Crippen LogP contribution in [0, 0.1) is 6.92 Å². The molecule has 0 bridgehead atoms. The summed E-state index contributed by atoms with van der Waals surface area (Å²) >= 11 is 0. The van der Waals surface area contributed by atoms with Crippen LogP contribution in [0.3, 0.4) is 0 Å². The molecule has 0 aliphatic heterocycles. The molecule has 0 fully saturated rings. The van der Waals surface area contributed by atoms with Gasteiger partial charge in [-0.15, -0.1) is 0 Å². The van der Waals surface area contributed by atoms with Gasteiger partial charge in [0.15, 0.2) is 0 Å². The molecule has 4 rings (SSSR count). The van der Waals surface area contributed by atoms with Gasteiger partial charge in [0.1, 0.15) is 6.54 Å². The normalized spacial score (nSPS) is 10.9. The zero-order valence-corrected chi connectivity index (χ0v) is 18.2. The van der Waals surface area contributed by atoms with Gasteiger partial charge < -0.3 is 4.90 Å². The number of aromatic nitrogens is 2. The summed E-state index contributed by atoms with van der Waals surface area (Å²) in [5, 5.41) is 0.422. The number of aryl methyl sites for hydroxylation is 2. The van der Waals surface area contributed by atoms with Gasteiger partial charge in [0.25, 0.3) is 5.56 Å². The first-order chi connectivity index (χ1) is 15.5. The number of likely N-dealkylation sites (N-methyl/N-ethyl adjacent to an activating group) is 1. The fraction of sp³-hybridized carbons (Fsp3) is 0.192. The molecule has 0 aliphatic carbocycles. The zero-order chi connectivity index (χ0) is 22.7. The van der Waals surface area contributed by atoms with Gasteiger partial charge in [0, 0.05) is 19.3 Å². The molecule has 162 valence electrons. The number of para-hydroxylation sites is 1. The SMILES string of the molecule is Cc1cccc(N(C)C(=O)Cn2c(=O)n(CCc3ccccc3)c(=O)c3ccccc32)c1. The maximum absolute atomic E-state index is 13.3. The van der Waals surface area contributed by atoms with Crippen molar-refractivity contribution in [1.82, 2.24) is 9.13 Å². The van der Waals surface area contributed by atoms with Crippen LogP contribution in [0.15, 0.2) is 88.5 Å². The lowest BCUT2D eigenvalue weighted by molar-refractivity contribution is -0.118. The second kappa shape index (κ2) is 9.06. The Labute approximate surface area is 186 Å². The van der Waals surface area contributed by atoms with E-state index in [-0.39, 0.29) is 24.6 Å². The second-order valence-corrected chi connectivity index (χ2v) is 7.87. The minimum Gasteiger partial charge on any atom is -0.314 e. The number of nitrogens with zero attached hydrogens (tertiary/aromatic N) is 3. The van der Waals surface area contributed by atoms with Crippen LogP contribution in [0.5, 0.6) is 0 Å². The number of amides is 1. The van der Waals surface area contributed by atoms with Crippen molar-refractivity contribution < 1.29 is 4.79 Å². The van der Waals surface area contributed by atoms with E-state index < -0.39 is 5.69 Å². The molecule has 1 heterocycles. The average Bonchev–Trinajstić information content (AvgIpc) is 2.81. The molecule has 0 aliphatic rings. The van der Waals surface area contributed by atoms with Crippen LogP contribution < -0.4 is 16.1 Å². The third kappa shape index (κ3) is 4.25. The van der Waals surface area contributed by atoms with E-state index in [9.17, 15) is 14.4 Å². The minimum absolute atomic E-state index is 0.157. The Balaban J connectivity index is 1.72. The summed E-state index contributed by atoms with van der Waals surface area (Å²) in [6, 6.07) is 24.3. The zero-order valence-electron chi connectivity index (χ0n) is 18.2. The molecule has 0 unspecified atom stereocenters. The number of fused-ring (bicyclic) bond motifs is 1. The summed E-state index contributed by atoms with van der Waals surface area (Å²) in [5.74, 6) is -0.240. The first kappa shape index (κ1) is 21.3. The van der Waals surface area contributed by atoms with Crippen LogP contribution in [0.4, 0.5) is 5.69 Å². The fourth-order valence-corrected chi connectivity index (χ4v) is 3.83. The molecule has 0 atom stereocenters. The maximum Gasteiger partial charge on any atom is 0.331 e. The molecule has 1 aromatic heterocycles. The van der Waals surface area contributed by atoms with Gasteiger partial charge in [0.05, 0.1) is 10.9 Å². The Hall–Kier alpha value is -3.93. The predicted molar refractivity (Wildman–Crippen MR) is 127 cm³/mol. The van der Waals surface area contributed by atoms with Gasteiger partial charge in [-0.2, -0.15) is 0 Å². The number of hydrogen-bond donors (Lipinski definition) is 0. The van der Waals surface area contributed by atoms with E-state index in [1.165, 1.54) is 14.0 Å². The van der Waals surface area contributed by atoms with Crippen LogP contribution >= 0.6 is 0 Å². The molecular weight excluding hydrogens is 402 g/mol. The van der Waals surface area contributed by atoms with Crippen molar-refractivity contribution in [3.63, 3.8) is 0 Å². The van der Waals surface area contributed by atoms with E-state index in [1.807, 2.05) is 61.5 Å². The smallest absolute Gasteiger partial charge is 0.314 e. The summed E-state index contributed by atoms with van der Waals surface area (Å²) in [6.07, 6.45) is 0.547. The van der Waals surface area contributed by atoms with E-state index >= 15 is 0 Å². The number of anilines is 1. The monoisotopic (exact) mass is 427 g/mol. The van der Waals surface area contributed by atoms with Crippen LogP contribution in [-0.4, -0.2) is 22.1 Å². The molecule has 0 N–H and O–H groups in total. The number of carbonyl (C=O) groups excluding carboxylic acids is 1. The second-order valence-electron chi connectivity index (χ2n) is 7.87. The Morgan fingerprint density at radius 1 is 0.875 bits per heavy atom. The van der Waals surface area contributed by atoms with E-state index in [4.69, 9.17) is 0 Å². The first-order valence-corrected chi connectivity index (χ1v) is 10.6. The molecule has 6 heteroatoms. The van der Waals surface area contributed by atoms with Crippen molar-refractivity contribution in [3.8, 4) is 0 Å². The highest BCUT2D eigenvalue weighted by Crippen LogP contribution is 2.15. The Morgan fingerprint density at radius 2 is 1.59 bits per heavy atom. The lowest BCUT2D eigenvalue weighted by Crippen LogP contribution is -2.43. The molecule has 0 saturated heterocycles. The Morgan fingerprint density at radius 3 is 2.34 bits per heavy atom. The minimum atomic E-state index is -0.476. The Kier molecular flexibility index (Phi) is 6.03. The highest BCUT2D eigenvalue weighted by molar-refractivity contribution is 5.93. The Bertz CT molecular complexity index is 1390.